The van der Waals surface area contributed by atoms with E-state index in [2.05, 4.69) is 77.1 Å². The van der Waals surface area contributed by atoms with Gasteiger partial charge in [-0.2, -0.15) is 0 Å². The van der Waals surface area contributed by atoms with E-state index in [1.54, 1.807) is 0 Å². The Morgan fingerprint density at radius 2 is 1.41 bits per heavy atom. The number of aryl methyl sites for hydroxylation is 1. The van der Waals surface area contributed by atoms with Crippen LogP contribution in [0.3, 0.4) is 0 Å². The van der Waals surface area contributed by atoms with Gasteiger partial charge in [0.05, 0.1) is 11.2 Å². The third-order valence-corrected chi connectivity index (χ3v) is 4.87. The van der Waals surface area contributed by atoms with Crippen molar-refractivity contribution in [3.8, 4) is 11.1 Å². The molecule has 2 aromatic rings. The van der Waals surface area contributed by atoms with Crippen molar-refractivity contribution in [1.82, 2.24) is 0 Å². The normalized spacial score (nSPS) is 19.4. The second-order valence-corrected chi connectivity index (χ2v) is 7.03. The minimum absolute atomic E-state index is 0.310. The highest BCUT2D eigenvalue weighted by molar-refractivity contribution is 6.62. The van der Waals surface area contributed by atoms with E-state index in [1.165, 1.54) is 16.7 Å². The van der Waals surface area contributed by atoms with Gasteiger partial charge in [-0.15, -0.1) is 0 Å². The predicted octanol–water partition coefficient (Wildman–Crippen LogP) is 3.96. The minimum atomic E-state index is -0.312. The van der Waals surface area contributed by atoms with E-state index in [9.17, 15) is 0 Å². The molecule has 0 N–H and O–H groups in total. The fraction of sp³-hybridized carbons (Fsp3) is 0.368. The lowest BCUT2D eigenvalue weighted by Crippen LogP contribution is -2.41. The third kappa shape index (κ3) is 2.60. The Hall–Kier alpha value is -1.58. The van der Waals surface area contributed by atoms with Crippen LogP contribution in [0, 0.1) is 6.92 Å². The Kier molecular flexibility index (Phi) is 3.66. The van der Waals surface area contributed by atoms with Crippen LogP contribution in [0.15, 0.2) is 48.5 Å². The molecule has 0 atom stereocenters. The van der Waals surface area contributed by atoms with Crippen LogP contribution in [-0.4, -0.2) is 18.3 Å². The van der Waals surface area contributed by atoms with Crippen LogP contribution in [0.1, 0.15) is 33.3 Å². The van der Waals surface area contributed by atoms with Gasteiger partial charge in [-0.3, -0.25) is 0 Å². The molecular weight excluding hydrogens is 271 g/mol. The Morgan fingerprint density at radius 1 is 0.818 bits per heavy atom. The fourth-order valence-corrected chi connectivity index (χ4v) is 2.69. The van der Waals surface area contributed by atoms with Crippen LogP contribution in [0.2, 0.25) is 0 Å². The number of rotatable bonds is 2. The van der Waals surface area contributed by atoms with Crippen molar-refractivity contribution in [2.24, 2.45) is 0 Å². The number of benzene rings is 2. The van der Waals surface area contributed by atoms with Crippen LogP contribution in [0.4, 0.5) is 0 Å². The Bertz CT molecular complexity index is 661. The van der Waals surface area contributed by atoms with Crippen molar-refractivity contribution in [2.45, 2.75) is 45.8 Å². The van der Waals surface area contributed by atoms with Crippen molar-refractivity contribution in [3.05, 3.63) is 54.1 Å². The second-order valence-electron chi connectivity index (χ2n) is 7.03. The SMILES string of the molecule is Cc1ccc(B2OC(C)(C)C(C)(C)O2)cc1-c1ccccc1. The molecule has 3 heteroatoms. The molecule has 1 fully saturated rings. The molecule has 22 heavy (non-hydrogen) atoms. The average molecular weight is 294 g/mol. The third-order valence-electron chi connectivity index (χ3n) is 4.87. The molecule has 0 amide bonds. The molecule has 0 radical (unpaired) electrons. The van der Waals surface area contributed by atoms with Gasteiger partial charge in [0, 0.05) is 0 Å². The predicted molar refractivity (Wildman–Crippen MR) is 92.3 cm³/mol. The molecule has 3 rings (SSSR count). The molecule has 0 spiro atoms. The zero-order chi connectivity index (χ0) is 16.0. The van der Waals surface area contributed by atoms with E-state index < -0.39 is 0 Å². The molecule has 1 saturated heterocycles. The summed E-state index contributed by atoms with van der Waals surface area (Å²) in [4.78, 5) is 0. The van der Waals surface area contributed by atoms with Gasteiger partial charge in [0.25, 0.3) is 0 Å². The van der Waals surface area contributed by atoms with Crippen molar-refractivity contribution >= 4 is 12.6 Å². The van der Waals surface area contributed by atoms with Crippen molar-refractivity contribution < 1.29 is 9.31 Å². The summed E-state index contributed by atoms with van der Waals surface area (Å²) in [5, 5.41) is 0. The molecular formula is C19H23BO2. The summed E-state index contributed by atoms with van der Waals surface area (Å²) in [5.74, 6) is 0. The Morgan fingerprint density at radius 3 is 2.00 bits per heavy atom. The molecule has 0 unspecified atom stereocenters. The quantitative estimate of drug-likeness (QED) is 0.780. The van der Waals surface area contributed by atoms with Crippen molar-refractivity contribution in [3.63, 3.8) is 0 Å². The van der Waals surface area contributed by atoms with Crippen LogP contribution in [-0.2, 0) is 9.31 Å². The zero-order valence-electron chi connectivity index (χ0n) is 14.0. The Labute approximate surface area is 133 Å². The summed E-state index contributed by atoms with van der Waals surface area (Å²) < 4.78 is 12.3. The average Bonchev–Trinajstić information content (AvgIpc) is 2.69. The molecule has 1 heterocycles. The van der Waals surface area contributed by atoms with Gasteiger partial charge in [-0.25, -0.2) is 0 Å². The van der Waals surface area contributed by atoms with E-state index in [4.69, 9.17) is 9.31 Å². The lowest BCUT2D eigenvalue weighted by Gasteiger charge is -2.32. The molecule has 114 valence electrons. The maximum Gasteiger partial charge on any atom is 0.494 e. The highest BCUT2D eigenvalue weighted by Gasteiger charge is 2.51. The zero-order valence-corrected chi connectivity index (χ0v) is 14.0. The highest BCUT2D eigenvalue weighted by atomic mass is 16.7. The van der Waals surface area contributed by atoms with Gasteiger partial charge < -0.3 is 9.31 Å². The topological polar surface area (TPSA) is 18.5 Å². The van der Waals surface area contributed by atoms with Gasteiger partial charge in [0.1, 0.15) is 0 Å². The standard InChI is InChI=1S/C19H23BO2/c1-14-11-12-16(13-17(14)15-9-7-6-8-10-15)20-21-18(2,3)19(4,5)22-20/h6-13H,1-5H3. The fourth-order valence-electron chi connectivity index (χ4n) is 2.69. The largest absolute Gasteiger partial charge is 0.494 e. The lowest BCUT2D eigenvalue weighted by molar-refractivity contribution is 0.00578. The molecule has 0 bridgehead atoms. The van der Waals surface area contributed by atoms with E-state index in [-0.39, 0.29) is 18.3 Å². The molecule has 0 aromatic heterocycles. The van der Waals surface area contributed by atoms with Crippen LogP contribution in [0.5, 0.6) is 0 Å². The van der Waals surface area contributed by atoms with Crippen molar-refractivity contribution in [1.29, 1.82) is 0 Å². The molecule has 0 saturated carbocycles. The second kappa shape index (κ2) is 5.25. The first-order valence-corrected chi connectivity index (χ1v) is 7.82. The molecule has 2 nitrogen and oxygen atoms in total. The summed E-state index contributed by atoms with van der Waals surface area (Å²) in [5.41, 5.74) is 4.16. The first kappa shape index (κ1) is 15.3. The minimum Gasteiger partial charge on any atom is -0.399 e. The van der Waals surface area contributed by atoms with Gasteiger partial charge in [-0.1, -0.05) is 48.5 Å². The molecule has 1 aliphatic heterocycles. The molecule has 1 aliphatic rings. The number of hydrogen-bond acceptors (Lipinski definition) is 2. The first-order valence-electron chi connectivity index (χ1n) is 7.82. The summed E-state index contributed by atoms with van der Waals surface area (Å²) in [6, 6.07) is 16.9. The van der Waals surface area contributed by atoms with Gasteiger partial charge in [0.2, 0.25) is 0 Å². The smallest absolute Gasteiger partial charge is 0.399 e. The van der Waals surface area contributed by atoms with Gasteiger partial charge >= 0.3 is 7.12 Å². The maximum absolute atomic E-state index is 6.16. The number of hydrogen-bond donors (Lipinski definition) is 0. The van der Waals surface area contributed by atoms with E-state index in [1.807, 2.05) is 6.07 Å². The highest BCUT2D eigenvalue weighted by Crippen LogP contribution is 2.36. The summed E-state index contributed by atoms with van der Waals surface area (Å²) in [6.45, 7) is 10.5. The van der Waals surface area contributed by atoms with Gasteiger partial charge in [-0.05, 0) is 56.8 Å². The summed E-state index contributed by atoms with van der Waals surface area (Å²) in [6.07, 6.45) is 0. The van der Waals surface area contributed by atoms with E-state index in [0.29, 0.717) is 0 Å². The summed E-state index contributed by atoms with van der Waals surface area (Å²) >= 11 is 0. The van der Waals surface area contributed by atoms with E-state index >= 15 is 0 Å². The van der Waals surface area contributed by atoms with Crippen LogP contribution in [0.25, 0.3) is 11.1 Å². The monoisotopic (exact) mass is 294 g/mol. The Balaban J connectivity index is 1.98. The summed E-state index contributed by atoms with van der Waals surface area (Å²) in [7, 11) is -0.312. The van der Waals surface area contributed by atoms with Crippen LogP contribution < -0.4 is 5.46 Å². The van der Waals surface area contributed by atoms with E-state index in [0.717, 1.165) is 5.46 Å². The van der Waals surface area contributed by atoms with Crippen LogP contribution >= 0.6 is 0 Å². The molecule has 2 aromatic carbocycles. The van der Waals surface area contributed by atoms with Crippen molar-refractivity contribution in [2.75, 3.05) is 0 Å². The molecule has 0 aliphatic carbocycles. The first-order chi connectivity index (χ1) is 10.3. The maximum atomic E-state index is 6.16. The lowest BCUT2D eigenvalue weighted by atomic mass is 9.77. The van der Waals surface area contributed by atoms with Gasteiger partial charge in [0.15, 0.2) is 0 Å².